The van der Waals surface area contributed by atoms with E-state index in [1.165, 1.54) is 6.42 Å². The molecule has 0 unspecified atom stereocenters. The number of aliphatic imine (C=N–C) groups is 1. The van der Waals surface area contributed by atoms with Gasteiger partial charge in [0.1, 0.15) is 19.5 Å². The summed E-state index contributed by atoms with van der Waals surface area (Å²) in [6.45, 7) is 7.21. The lowest BCUT2D eigenvalue weighted by atomic mass is 10.2. The van der Waals surface area contributed by atoms with E-state index in [0.717, 1.165) is 18.6 Å². The average Bonchev–Trinajstić information content (AvgIpc) is 2.74. The van der Waals surface area contributed by atoms with Crippen molar-refractivity contribution < 1.29 is 33.3 Å². The van der Waals surface area contributed by atoms with Crippen molar-refractivity contribution in [2.75, 3.05) is 72.5 Å². The summed E-state index contributed by atoms with van der Waals surface area (Å²) in [4.78, 5) is 37.2. The normalized spacial score (nSPS) is 11.3. The molecule has 0 aromatic heterocycles. The Kier molecular flexibility index (Phi) is 20.5. The van der Waals surface area contributed by atoms with Gasteiger partial charge in [0.15, 0.2) is 0 Å². The molecule has 0 aliphatic heterocycles. The molecule has 0 spiro atoms. The third-order valence-electron chi connectivity index (χ3n) is 3.67. The number of nitrogens with zero attached hydrogens (tertiary/aromatic N) is 1. The molecular weight excluding hydrogens is 394 g/mol. The third-order valence-corrected chi connectivity index (χ3v) is 3.67. The van der Waals surface area contributed by atoms with E-state index in [0.29, 0.717) is 52.4 Å². The Hall–Kier alpha value is -1.88. The standard InChI is InChI=1S/C20H37N3O7/c1-3-4-5-18(2)21-7-10-27-12-14-30-17-20(26)23-8-11-28-13-15-29-16-19(25)22-6-9-24/h9H,3-8,10-17H2,1-2H3,(H,22,25)(H,23,26). The Morgan fingerprint density at radius 3 is 2.10 bits per heavy atom. The van der Waals surface area contributed by atoms with E-state index >= 15 is 0 Å². The van der Waals surface area contributed by atoms with Crippen molar-refractivity contribution in [2.24, 2.45) is 4.99 Å². The maximum absolute atomic E-state index is 11.6. The topological polar surface area (TPSA) is 125 Å². The molecule has 0 aliphatic carbocycles. The molecule has 0 saturated heterocycles. The van der Waals surface area contributed by atoms with Crippen LogP contribution in [-0.4, -0.2) is 96.3 Å². The fourth-order valence-corrected chi connectivity index (χ4v) is 2.10. The van der Waals surface area contributed by atoms with Gasteiger partial charge in [-0.15, -0.1) is 0 Å². The second kappa shape index (κ2) is 21.8. The molecule has 0 aliphatic rings. The third kappa shape index (κ3) is 20.8. The lowest BCUT2D eigenvalue weighted by Gasteiger charge is -2.08. The summed E-state index contributed by atoms with van der Waals surface area (Å²) in [5.74, 6) is -0.580. The number of carbonyl (C=O) groups excluding carboxylic acids is 3. The van der Waals surface area contributed by atoms with Gasteiger partial charge in [0, 0.05) is 12.3 Å². The number of carbonyl (C=O) groups is 3. The molecule has 0 rings (SSSR count). The van der Waals surface area contributed by atoms with E-state index in [9.17, 15) is 14.4 Å². The van der Waals surface area contributed by atoms with Crippen molar-refractivity contribution in [3.05, 3.63) is 0 Å². The highest BCUT2D eigenvalue weighted by atomic mass is 16.5. The van der Waals surface area contributed by atoms with Gasteiger partial charge in [-0.3, -0.25) is 14.6 Å². The smallest absolute Gasteiger partial charge is 0.246 e. The molecule has 10 nitrogen and oxygen atoms in total. The maximum atomic E-state index is 11.6. The summed E-state index contributed by atoms with van der Waals surface area (Å²) in [6.07, 6.45) is 3.97. The Balaban J connectivity index is 3.34. The van der Waals surface area contributed by atoms with Crippen LogP contribution in [0.5, 0.6) is 0 Å². The highest BCUT2D eigenvalue weighted by molar-refractivity contribution is 5.81. The molecule has 0 saturated carbocycles. The zero-order chi connectivity index (χ0) is 22.3. The first-order valence-electron chi connectivity index (χ1n) is 10.4. The monoisotopic (exact) mass is 431 g/mol. The maximum Gasteiger partial charge on any atom is 0.246 e. The summed E-state index contributed by atoms with van der Waals surface area (Å²) < 4.78 is 21.0. The van der Waals surface area contributed by atoms with Crippen molar-refractivity contribution >= 4 is 23.8 Å². The number of nitrogens with one attached hydrogen (secondary N) is 2. The number of unbranched alkanes of at least 4 members (excludes halogenated alkanes) is 1. The first-order valence-corrected chi connectivity index (χ1v) is 10.4. The SMILES string of the molecule is CCCCC(C)=NCCOCCOCC(=O)NCCOCCOCC(=O)NCC=O. The van der Waals surface area contributed by atoms with Gasteiger partial charge in [0.05, 0.1) is 52.7 Å². The van der Waals surface area contributed by atoms with Gasteiger partial charge < -0.3 is 34.4 Å². The molecule has 0 fully saturated rings. The van der Waals surface area contributed by atoms with E-state index < -0.39 is 0 Å². The fourth-order valence-electron chi connectivity index (χ4n) is 2.10. The van der Waals surface area contributed by atoms with Crippen molar-refractivity contribution in [3.63, 3.8) is 0 Å². The molecule has 0 bridgehead atoms. The number of hydrogen-bond acceptors (Lipinski definition) is 8. The molecule has 2 amide bonds. The molecular formula is C20H37N3O7. The van der Waals surface area contributed by atoms with Crippen LogP contribution in [0.2, 0.25) is 0 Å². The van der Waals surface area contributed by atoms with Gasteiger partial charge in [-0.05, 0) is 19.8 Å². The number of hydrogen-bond donors (Lipinski definition) is 2. The molecule has 2 N–H and O–H groups in total. The summed E-state index contributed by atoms with van der Waals surface area (Å²) in [6, 6.07) is 0. The molecule has 0 radical (unpaired) electrons. The molecule has 30 heavy (non-hydrogen) atoms. The lowest BCUT2D eigenvalue weighted by Crippen LogP contribution is -2.31. The highest BCUT2D eigenvalue weighted by Gasteiger charge is 2.02. The number of ether oxygens (including phenoxy) is 4. The van der Waals surface area contributed by atoms with Crippen molar-refractivity contribution in [2.45, 2.75) is 33.1 Å². The molecule has 174 valence electrons. The average molecular weight is 432 g/mol. The largest absolute Gasteiger partial charge is 0.377 e. The van der Waals surface area contributed by atoms with Crippen LogP contribution in [0.4, 0.5) is 0 Å². The minimum absolute atomic E-state index is 0.0247. The Morgan fingerprint density at radius 1 is 0.867 bits per heavy atom. The minimum Gasteiger partial charge on any atom is -0.377 e. The highest BCUT2D eigenvalue weighted by Crippen LogP contribution is 1.96. The van der Waals surface area contributed by atoms with Gasteiger partial charge in [-0.25, -0.2) is 0 Å². The van der Waals surface area contributed by atoms with Crippen LogP contribution in [0.1, 0.15) is 33.1 Å². The zero-order valence-corrected chi connectivity index (χ0v) is 18.3. The van der Waals surface area contributed by atoms with Gasteiger partial charge in [0.25, 0.3) is 0 Å². The van der Waals surface area contributed by atoms with E-state index in [1.807, 2.05) is 6.92 Å². The van der Waals surface area contributed by atoms with E-state index in [2.05, 4.69) is 22.5 Å². The molecule has 10 heteroatoms. The fraction of sp³-hybridized carbons (Fsp3) is 0.800. The summed E-state index contributed by atoms with van der Waals surface area (Å²) in [7, 11) is 0. The van der Waals surface area contributed by atoms with Crippen LogP contribution in [0.3, 0.4) is 0 Å². The summed E-state index contributed by atoms with van der Waals surface area (Å²) >= 11 is 0. The van der Waals surface area contributed by atoms with E-state index in [-0.39, 0.29) is 38.2 Å². The predicted molar refractivity (Wildman–Crippen MR) is 113 cm³/mol. The van der Waals surface area contributed by atoms with Gasteiger partial charge in [-0.2, -0.15) is 0 Å². The van der Waals surface area contributed by atoms with Crippen LogP contribution in [-0.2, 0) is 33.3 Å². The molecule has 0 heterocycles. The van der Waals surface area contributed by atoms with Crippen molar-refractivity contribution in [3.8, 4) is 0 Å². The van der Waals surface area contributed by atoms with Gasteiger partial charge >= 0.3 is 0 Å². The Morgan fingerprint density at radius 2 is 1.47 bits per heavy atom. The lowest BCUT2D eigenvalue weighted by molar-refractivity contribution is -0.128. The van der Waals surface area contributed by atoms with Crippen LogP contribution in [0.25, 0.3) is 0 Å². The number of amides is 2. The second-order valence-corrected chi connectivity index (χ2v) is 6.37. The van der Waals surface area contributed by atoms with Crippen LogP contribution < -0.4 is 10.6 Å². The first-order chi connectivity index (χ1) is 14.6. The van der Waals surface area contributed by atoms with Crippen LogP contribution in [0, 0.1) is 0 Å². The molecule has 0 aromatic rings. The van der Waals surface area contributed by atoms with E-state index in [1.54, 1.807) is 0 Å². The van der Waals surface area contributed by atoms with Crippen LogP contribution >= 0.6 is 0 Å². The van der Waals surface area contributed by atoms with Crippen molar-refractivity contribution in [1.29, 1.82) is 0 Å². The number of aldehydes is 1. The Bertz CT molecular complexity index is 487. The summed E-state index contributed by atoms with van der Waals surface area (Å²) in [5.41, 5.74) is 1.16. The first kappa shape index (κ1) is 28.1. The van der Waals surface area contributed by atoms with Crippen LogP contribution in [0.15, 0.2) is 4.99 Å². The minimum atomic E-state index is -0.356. The second-order valence-electron chi connectivity index (χ2n) is 6.37. The Labute approximate surface area is 179 Å². The molecule has 0 atom stereocenters. The van der Waals surface area contributed by atoms with Gasteiger partial charge in [0.2, 0.25) is 11.8 Å². The van der Waals surface area contributed by atoms with Crippen molar-refractivity contribution in [1.82, 2.24) is 10.6 Å². The van der Waals surface area contributed by atoms with Gasteiger partial charge in [-0.1, -0.05) is 13.3 Å². The predicted octanol–water partition coefficient (Wildman–Crippen LogP) is 0.135. The number of rotatable bonds is 21. The van der Waals surface area contributed by atoms with E-state index in [4.69, 9.17) is 18.9 Å². The zero-order valence-electron chi connectivity index (χ0n) is 18.3. The molecule has 0 aromatic carbocycles. The quantitative estimate of drug-likeness (QED) is 0.150. The summed E-state index contributed by atoms with van der Waals surface area (Å²) in [5, 5.41) is 5.02.